The van der Waals surface area contributed by atoms with Crippen molar-refractivity contribution in [2.24, 2.45) is 0 Å². The maximum absolute atomic E-state index is 4.95. The molecule has 0 nitrogen and oxygen atoms in total. The molecular weight excluding hydrogens is 749 g/mol. The van der Waals surface area contributed by atoms with E-state index in [0.717, 1.165) is 0 Å². The fourth-order valence-electron chi connectivity index (χ4n) is 2.16. The summed E-state index contributed by atoms with van der Waals surface area (Å²) in [6.45, 7) is 0. The summed E-state index contributed by atoms with van der Waals surface area (Å²) in [4.78, 5) is 0. The molecule has 0 unspecified atom stereocenters. The van der Waals surface area contributed by atoms with Gasteiger partial charge in [-0.2, -0.15) is 0 Å². The first-order valence-corrected chi connectivity index (χ1v) is 21.0. The summed E-state index contributed by atoms with van der Waals surface area (Å²) < 4.78 is 5.92. The van der Waals surface area contributed by atoms with Gasteiger partial charge in [0.2, 0.25) is 0 Å². The Morgan fingerprint density at radius 3 is 0.710 bits per heavy atom. The van der Waals surface area contributed by atoms with E-state index in [2.05, 4.69) is 121 Å². The van der Waals surface area contributed by atoms with Gasteiger partial charge < -0.3 is 24.8 Å². The van der Waals surface area contributed by atoms with Gasteiger partial charge in [0.25, 0.3) is 0 Å². The first kappa shape index (κ1) is 31.1. The minimum atomic E-state index is -0.931. The van der Waals surface area contributed by atoms with Crippen LogP contribution >= 0.6 is 19.4 Å². The van der Waals surface area contributed by atoms with E-state index < -0.39 is 15.1 Å². The van der Waals surface area contributed by atoms with Crippen LogP contribution in [0.25, 0.3) is 0 Å². The van der Waals surface area contributed by atoms with Crippen LogP contribution in [-0.4, -0.2) is 0 Å². The van der Waals surface area contributed by atoms with Crippen LogP contribution in [0.3, 0.4) is 0 Å². The Balaban J connectivity index is 0.000000488. The predicted molar refractivity (Wildman–Crippen MR) is 112 cm³/mol. The summed E-state index contributed by atoms with van der Waals surface area (Å²) in [7, 11) is 9.90. The van der Waals surface area contributed by atoms with Gasteiger partial charge in [0.1, 0.15) is 0 Å². The number of rotatable bonds is 4. The van der Waals surface area contributed by atoms with Gasteiger partial charge in [0.15, 0.2) is 14.3 Å². The second-order valence-corrected chi connectivity index (χ2v) is 16.2. The van der Waals surface area contributed by atoms with Crippen molar-refractivity contribution in [2.45, 2.75) is 0 Å². The minimum Gasteiger partial charge on any atom is -0.0619 e. The molecule has 0 saturated carbocycles. The van der Waals surface area contributed by atoms with Crippen molar-refractivity contribution in [3.8, 4) is 0 Å². The van der Waals surface area contributed by atoms with E-state index in [9.17, 15) is 0 Å². The summed E-state index contributed by atoms with van der Waals surface area (Å²) in [5, 5.41) is 0. The monoisotopic (exact) mass is 766 g/mol. The van der Waals surface area contributed by atoms with Crippen LogP contribution in [-0.2, 0) is 15.1 Å². The van der Waals surface area contributed by atoms with Gasteiger partial charge in [0, 0.05) is 0 Å². The van der Waals surface area contributed by atoms with Crippen LogP contribution in [0, 0.1) is 14.3 Å². The average Bonchev–Trinajstić information content (AvgIpc) is 2.78. The van der Waals surface area contributed by atoms with E-state index in [0.29, 0.717) is 0 Å². The molecule has 0 heterocycles. The van der Waals surface area contributed by atoms with Crippen LogP contribution in [0.2, 0.25) is 0 Å². The van der Waals surface area contributed by atoms with Gasteiger partial charge in [-0.15, -0.1) is 0 Å². The van der Waals surface area contributed by atoms with Crippen LogP contribution in [0.4, 0.5) is 0 Å². The molecular formula is C24H20Cl4I2Zn. The van der Waals surface area contributed by atoms with Crippen molar-refractivity contribution in [3.05, 3.63) is 136 Å². The summed E-state index contributed by atoms with van der Waals surface area (Å²) in [6, 6.07) is 42.8. The molecule has 31 heavy (non-hydrogen) atoms. The van der Waals surface area contributed by atoms with Crippen LogP contribution in [0.1, 0.15) is 0 Å². The van der Waals surface area contributed by atoms with Crippen molar-refractivity contribution in [3.63, 3.8) is 0 Å². The first-order chi connectivity index (χ1) is 14.3. The molecule has 0 N–H and O–H groups in total. The Labute approximate surface area is 234 Å². The molecule has 0 spiro atoms. The Bertz CT molecular complexity index is 748. The molecule has 0 aliphatic rings. The number of hydrogen-bond donors (Lipinski definition) is 0. The van der Waals surface area contributed by atoms with Gasteiger partial charge in [-0.3, -0.25) is 0 Å². The zero-order valence-electron chi connectivity index (χ0n) is 16.5. The molecule has 0 amide bonds. The molecule has 0 bridgehead atoms. The van der Waals surface area contributed by atoms with Crippen molar-refractivity contribution in [1.29, 1.82) is 0 Å². The molecule has 0 aliphatic heterocycles. The van der Waals surface area contributed by atoms with Gasteiger partial charge in [-0.05, 0) is 48.5 Å². The number of halogens is 6. The van der Waals surface area contributed by atoms with Crippen molar-refractivity contribution in [2.75, 3.05) is 0 Å². The molecule has 0 fully saturated rings. The maximum atomic E-state index is 4.95. The summed E-state index contributed by atoms with van der Waals surface area (Å²) >= 11 is -0.873. The zero-order valence-corrected chi connectivity index (χ0v) is 26.8. The van der Waals surface area contributed by atoms with Crippen molar-refractivity contribution < 1.29 is 82.4 Å². The third-order valence-electron chi connectivity index (χ3n) is 3.37. The van der Waals surface area contributed by atoms with Gasteiger partial charge in [0.05, 0.1) is 0 Å². The average molecular weight is 769 g/mol. The zero-order chi connectivity index (χ0) is 20.6. The molecule has 0 saturated heterocycles. The minimum absolute atomic E-state index is 0. The SMILES string of the molecule is [Cl-].[Cl-].[Cl][Zn][Cl].c1ccc([I+]c2ccccc2)cc1.c1ccc([I+]c2ccccc2)cc1. The molecule has 0 atom stereocenters. The molecule has 0 aliphatic carbocycles. The van der Waals surface area contributed by atoms with Crippen molar-refractivity contribution >= 4 is 19.4 Å². The standard InChI is InChI=1S/2C12H10I.4ClH.Zn/c2*1-3-7-11(8-4-1)13-12-9-5-2-6-10-12;;;;;/h2*1-10H;4*1H;/q2*+1;;;;;+2/p-4. The molecule has 4 aromatic carbocycles. The second kappa shape index (κ2) is 20.7. The normalized spacial score (nSPS) is 8.58. The van der Waals surface area contributed by atoms with Gasteiger partial charge >= 0.3 is 76.9 Å². The smallest absolute Gasteiger partial charge is 0.0619 e. The first-order valence-electron chi connectivity index (χ1n) is 8.93. The van der Waals surface area contributed by atoms with E-state index in [1.54, 1.807) is 0 Å². The van der Waals surface area contributed by atoms with E-state index in [-0.39, 0.29) is 67.2 Å². The topological polar surface area (TPSA) is 0 Å². The Morgan fingerprint density at radius 1 is 0.387 bits per heavy atom. The van der Waals surface area contributed by atoms with E-state index in [1.165, 1.54) is 14.3 Å². The molecule has 160 valence electrons. The molecule has 0 radical (unpaired) electrons. The Morgan fingerprint density at radius 2 is 0.548 bits per heavy atom. The van der Waals surface area contributed by atoms with Crippen LogP contribution < -0.4 is 67.2 Å². The van der Waals surface area contributed by atoms with Gasteiger partial charge in [-0.1, -0.05) is 72.8 Å². The molecule has 7 heteroatoms. The maximum Gasteiger partial charge on any atom is 0.357 e. The van der Waals surface area contributed by atoms with Crippen LogP contribution in [0.5, 0.6) is 0 Å². The van der Waals surface area contributed by atoms with Crippen LogP contribution in [0.15, 0.2) is 121 Å². The van der Waals surface area contributed by atoms with Crippen molar-refractivity contribution in [1.82, 2.24) is 0 Å². The largest absolute Gasteiger partial charge is 0.357 e. The fraction of sp³-hybridized carbons (Fsp3) is 0. The third kappa shape index (κ3) is 14.8. The molecule has 4 aromatic rings. The summed E-state index contributed by atoms with van der Waals surface area (Å²) in [5.41, 5.74) is 0. The summed E-state index contributed by atoms with van der Waals surface area (Å²) in [5.74, 6) is 0. The summed E-state index contributed by atoms with van der Waals surface area (Å²) in [6.07, 6.45) is 0. The predicted octanol–water partition coefficient (Wildman–Crippen LogP) is -4.99. The molecule has 4 rings (SSSR count). The van der Waals surface area contributed by atoms with Gasteiger partial charge in [-0.25, -0.2) is 0 Å². The fourth-order valence-corrected chi connectivity index (χ4v) is 6.70. The van der Waals surface area contributed by atoms with E-state index >= 15 is 0 Å². The second-order valence-electron chi connectivity index (χ2n) is 5.47. The molecule has 0 aromatic heterocycles. The number of benzene rings is 4. The third-order valence-corrected chi connectivity index (χ3v) is 8.74. The quantitative estimate of drug-likeness (QED) is 0.144. The number of hydrogen-bond acceptors (Lipinski definition) is 0. The van der Waals surface area contributed by atoms with E-state index in [1.807, 2.05) is 0 Å². The Kier molecular flexibility index (Phi) is 20.8. The van der Waals surface area contributed by atoms with E-state index in [4.69, 9.17) is 19.4 Å². The Hall–Kier alpha value is 0.123.